The Morgan fingerprint density at radius 1 is 1.05 bits per heavy atom. The van der Waals surface area contributed by atoms with Gasteiger partial charge in [0.1, 0.15) is 11.5 Å². The third-order valence-electron chi connectivity index (χ3n) is 8.68. The van der Waals surface area contributed by atoms with Crippen molar-refractivity contribution in [3.63, 3.8) is 0 Å². The Hall–Kier alpha value is -2.88. The molecule has 0 unspecified atom stereocenters. The van der Waals surface area contributed by atoms with Crippen molar-refractivity contribution < 1.29 is 28.2 Å². The lowest BCUT2D eigenvalue weighted by Crippen LogP contribution is -2.45. The lowest BCUT2D eigenvalue weighted by atomic mass is 9.98. The first-order valence-electron chi connectivity index (χ1n) is 14.5. The van der Waals surface area contributed by atoms with Crippen molar-refractivity contribution in [3.05, 3.63) is 58.9 Å². The maximum absolute atomic E-state index is 12.4. The van der Waals surface area contributed by atoms with Crippen LogP contribution in [-0.2, 0) is 20.3 Å². The molecule has 224 valence electrons. The molecule has 0 amide bonds. The Kier molecular flexibility index (Phi) is 9.51. The second-order valence-corrected chi connectivity index (χ2v) is 17.3. The predicted octanol–water partition coefficient (Wildman–Crippen LogP) is 7.08. The van der Waals surface area contributed by atoms with Crippen molar-refractivity contribution in [1.29, 1.82) is 0 Å². The van der Waals surface area contributed by atoms with Crippen LogP contribution in [0.1, 0.15) is 79.9 Å². The van der Waals surface area contributed by atoms with Gasteiger partial charge >= 0.3 is 5.97 Å². The molecular weight excluding hydrogens is 536 g/mol. The van der Waals surface area contributed by atoms with E-state index < -0.39 is 14.3 Å². The van der Waals surface area contributed by atoms with Gasteiger partial charge in [0.05, 0.1) is 50.9 Å². The summed E-state index contributed by atoms with van der Waals surface area (Å²) in [6, 6.07) is 11.6. The minimum Gasteiger partial charge on any atom is -0.496 e. The number of rotatable bonds is 11. The van der Waals surface area contributed by atoms with E-state index in [0.29, 0.717) is 12.1 Å². The summed E-state index contributed by atoms with van der Waals surface area (Å²) in [6.07, 6.45) is 4.34. The number of carbonyl (C=O) groups excluding carboxylic acids is 1. The zero-order valence-corrected chi connectivity index (χ0v) is 27.1. The van der Waals surface area contributed by atoms with E-state index >= 15 is 0 Å². The monoisotopic (exact) mass is 582 g/mol. The molecule has 0 radical (unpaired) electrons. The first kappa shape index (κ1) is 31.1. The number of fused-ring (bicyclic) bond motifs is 1. The molecule has 0 spiro atoms. The van der Waals surface area contributed by atoms with Gasteiger partial charge in [-0.3, -0.25) is 0 Å². The van der Waals surface area contributed by atoms with Crippen molar-refractivity contribution in [2.75, 3.05) is 21.3 Å². The highest BCUT2D eigenvalue weighted by molar-refractivity contribution is 6.74. The summed E-state index contributed by atoms with van der Waals surface area (Å²) in [5.41, 5.74) is 3.92. The van der Waals surface area contributed by atoms with Crippen LogP contribution in [0.25, 0.3) is 5.52 Å². The SMILES string of the molecule is COC(=O)c1cccc2cc(C[C@H](OC3CCCC3)[C@H](O[Si](C)(C)C(C)(C)C)c3cc(OC)c(C)c(OC)c3)nn12. The smallest absolute Gasteiger partial charge is 0.356 e. The van der Waals surface area contributed by atoms with Crippen molar-refractivity contribution in [2.45, 2.75) is 96.2 Å². The first-order chi connectivity index (χ1) is 19.4. The van der Waals surface area contributed by atoms with E-state index in [2.05, 4.69) is 46.0 Å². The highest BCUT2D eigenvalue weighted by Gasteiger charge is 2.42. The number of methoxy groups -OCH3 is 3. The Bertz CT molecular complexity index is 1330. The average Bonchev–Trinajstić information content (AvgIpc) is 3.60. The third kappa shape index (κ3) is 6.79. The van der Waals surface area contributed by atoms with Gasteiger partial charge in [-0.15, -0.1) is 0 Å². The summed E-state index contributed by atoms with van der Waals surface area (Å²) >= 11 is 0. The summed E-state index contributed by atoms with van der Waals surface area (Å²) in [6.45, 7) is 13.3. The molecule has 1 aliphatic rings. The van der Waals surface area contributed by atoms with Crippen LogP contribution in [0.4, 0.5) is 0 Å². The summed E-state index contributed by atoms with van der Waals surface area (Å²) in [5, 5.41) is 4.83. The molecule has 9 heteroatoms. The number of hydrogen-bond acceptors (Lipinski definition) is 7. The number of benzene rings is 1. The van der Waals surface area contributed by atoms with E-state index in [4.69, 9.17) is 28.5 Å². The fraction of sp³-hybridized carbons (Fsp3) is 0.562. The molecular formula is C32H46N2O6Si. The lowest BCUT2D eigenvalue weighted by molar-refractivity contribution is -0.0709. The van der Waals surface area contributed by atoms with Crippen LogP contribution < -0.4 is 9.47 Å². The molecule has 1 aliphatic carbocycles. The largest absolute Gasteiger partial charge is 0.496 e. The highest BCUT2D eigenvalue weighted by Crippen LogP contribution is 2.44. The molecule has 8 nitrogen and oxygen atoms in total. The minimum absolute atomic E-state index is 0.0134. The van der Waals surface area contributed by atoms with Gasteiger partial charge in [0.15, 0.2) is 14.0 Å². The van der Waals surface area contributed by atoms with E-state index in [0.717, 1.165) is 59.5 Å². The highest BCUT2D eigenvalue weighted by atomic mass is 28.4. The average molecular weight is 583 g/mol. The third-order valence-corrected chi connectivity index (χ3v) is 13.1. The predicted molar refractivity (Wildman–Crippen MR) is 163 cm³/mol. The molecule has 0 N–H and O–H groups in total. The number of pyridine rings is 1. The van der Waals surface area contributed by atoms with Crippen molar-refractivity contribution in [3.8, 4) is 11.5 Å². The second kappa shape index (κ2) is 12.5. The van der Waals surface area contributed by atoms with E-state index in [-0.39, 0.29) is 23.4 Å². The quantitative estimate of drug-likeness (QED) is 0.177. The van der Waals surface area contributed by atoms with Crippen molar-refractivity contribution in [2.24, 2.45) is 0 Å². The first-order valence-corrected chi connectivity index (χ1v) is 17.4. The minimum atomic E-state index is -2.26. The Balaban J connectivity index is 1.83. The maximum Gasteiger partial charge on any atom is 0.356 e. The Morgan fingerprint density at radius 3 is 2.24 bits per heavy atom. The van der Waals surface area contributed by atoms with E-state index in [1.165, 1.54) is 7.11 Å². The zero-order chi connectivity index (χ0) is 29.9. The normalized spacial score (nSPS) is 16.1. The van der Waals surface area contributed by atoms with Crippen LogP contribution in [-0.4, -0.2) is 57.4 Å². The Morgan fingerprint density at radius 2 is 1.68 bits per heavy atom. The van der Waals surface area contributed by atoms with Gasteiger partial charge in [-0.2, -0.15) is 5.10 Å². The fourth-order valence-electron chi connectivity index (χ4n) is 5.25. The van der Waals surface area contributed by atoms with Crippen LogP contribution >= 0.6 is 0 Å². The Labute approximate surface area is 245 Å². The molecule has 3 aromatic rings. The van der Waals surface area contributed by atoms with Gasteiger partial charge in [0, 0.05) is 12.0 Å². The van der Waals surface area contributed by atoms with E-state index in [9.17, 15) is 4.79 Å². The molecule has 41 heavy (non-hydrogen) atoms. The van der Waals surface area contributed by atoms with Crippen molar-refractivity contribution in [1.82, 2.24) is 9.61 Å². The van der Waals surface area contributed by atoms with Crippen molar-refractivity contribution >= 4 is 19.8 Å². The zero-order valence-electron chi connectivity index (χ0n) is 26.1. The maximum atomic E-state index is 12.4. The van der Waals surface area contributed by atoms with Crippen LogP contribution in [0.15, 0.2) is 36.4 Å². The van der Waals surface area contributed by atoms with Crippen LogP contribution in [0.2, 0.25) is 18.1 Å². The number of nitrogens with zero attached hydrogens (tertiary/aromatic N) is 2. The number of hydrogen-bond donors (Lipinski definition) is 0. The molecule has 1 aromatic carbocycles. The van der Waals surface area contributed by atoms with Gasteiger partial charge in [0.2, 0.25) is 0 Å². The van der Waals surface area contributed by atoms with Gasteiger partial charge in [0.25, 0.3) is 0 Å². The number of ether oxygens (including phenoxy) is 4. The van der Waals surface area contributed by atoms with Gasteiger partial charge in [-0.25, -0.2) is 9.31 Å². The molecule has 1 saturated carbocycles. The van der Waals surface area contributed by atoms with Gasteiger partial charge < -0.3 is 23.4 Å². The summed E-state index contributed by atoms with van der Waals surface area (Å²) < 4.78 is 32.3. The molecule has 2 heterocycles. The molecule has 2 aromatic heterocycles. The van der Waals surface area contributed by atoms with Crippen LogP contribution in [0.5, 0.6) is 11.5 Å². The van der Waals surface area contributed by atoms with E-state index in [1.54, 1.807) is 24.8 Å². The lowest BCUT2D eigenvalue weighted by Gasteiger charge is -2.42. The summed E-state index contributed by atoms with van der Waals surface area (Å²) in [4.78, 5) is 12.4. The number of carbonyl (C=O) groups is 1. The standard InChI is InChI=1S/C32H46N2O6Si/c1-21-27(36-5)17-22(18-28(21)37-6)30(40-41(8,9)32(2,3)4)29(39-25-14-10-11-15-25)20-23-19-24-13-12-16-26(31(35)38-7)34(24)33-23/h12-13,16-19,25,29-30H,10-11,14-15,20H2,1-9H3/t29-,30+/m0/s1. The number of esters is 1. The molecule has 4 rings (SSSR count). The van der Waals surface area contributed by atoms with Crippen LogP contribution in [0, 0.1) is 6.92 Å². The molecule has 1 fully saturated rings. The summed E-state index contributed by atoms with van der Waals surface area (Å²) in [7, 11) is 2.47. The fourth-order valence-corrected chi connectivity index (χ4v) is 6.53. The van der Waals surface area contributed by atoms with Gasteiger partial charge in [-0.05, 0) is 73.8 Å². The molecule has 2 atom stereocenters. The van der Waals surface area contributed by atoms with Crippen LogP contribution in [0.3, 0.4) is 0 Å². The van der Waals surface area contributed by atoms with Gasteiger partial charge in [-0.1, -0.05) is 39.7 Å². The molecule has 0 aliphatic heterocycles. The molecule has 0 bridgehead atoms. The molecule has 0 saturated heterocycles. The topological polar surface area (TPSA) is 80.5 Å². The second-order valence-electron chi connectivity index (χ2n) is 12.5. The summed E-state index contributed by atoms with van der Waals surface area (Å²) in [5.74, 6) is 1.07. The number of aromatic nitrogens is 2. The van der Waals surface area contributed by atoms with E-state index in [1.807, 2.05) is 25.1 Å².